The normalized spacial score (nSPS) is 15.6. The second kappa shape index (κ2) is 6.95. The molecule has 2 atom stereocenters. The predicted octanol–water partition coefficient (Wildman–Crippen LogP) is 2.63. The summed E-state index contributed by atoms with van der Waals surface area (Å²) in [5.74, 6) is 0.365. The van der Waals surface area contributed by atoms with E-state index in [1.54, 1.807) is 38.1 Å². The average molecular weight is 300 g/mol. The van der Waals surface area contributed by atoms with E-state index in [4.69, 9.17) is 16.3 Å². The zero-order valence-electron chi connectivity index (χ0n) is 12.3. The molecule has 4 nitrogen and oxygen atoms in total. The van der Waals surface area contributed by atoms with Crippen LogP contribution in [0.15, 0.2) is 24.3 Å². The Balaban J connectivity index is 2.49. The Hall–Kier alpha value is -1.26. The number of ether oxygens (including phenoxy) is 1. The monoisotopic (exact) mass is 299 g/mol. The quantitative estimate of drug-likeness (QED) is 0.849. The Bertz CT molecular complexity index is 443. The Kier molecular flexibility index (Phi) is 5.84. The molecule has 0 aliphatic heterocycles. The van der Waals surface area contributed by atoms with Crippen molar-refractivity contribution in [2.45, 2.75) is 39.4 Å². The number of hydrogen-bond donors (Lipinski definition) is 2. The summed E-state index contributed by atoms with van der Waals surface area (Å²) in [7, 11) is 0. The van der Waals surface area contributed by atoms with Crippen molar-refractivity contribution < 1.29 is 14.6 Å². The van der Waals surface area contributed by atoms with Crippen LogP contribution in [0.2, 0.25) is 5.02 Å². The zero-order valence-corrected chi connectivity index (χ0v) is 13.1. The maximum absolute atomic E-state index is 11.9. The standard InChI is InChI=1S/C15H22ClNO3/c1-10(2)15(4,19)9-17-14(18)11(3)20-13-7-5-12(16)6-8-13/h5-8,10-11,19H,9H2,1-4H3,(H,17,18). The first-order valence-electron chi connectivity index (χ1n) is 6.64. The van der Waals surface area contributed by atoms with Gasteiger partial charge in [0.2, 0.25) is 0 Å². The van der Waals surface area contributed by atoms with Crippen LogP contribution in [-0.4, -0.2) is 29.3 Å². The fourth-order valence-corrected chi connectivity index (χ4v) is 1.51. The average Bonchev–Trinajstić information content (AvgIpc) is 2.38. The molecule has 2 N–H and O–H groups in total. The molecule has 0 heterocycles. The van der Waals surface area contributed by atoms with Gasteiger partial charge in [-0.3, -0.25) is 4.79 Å². The van der Waals surface area contributed by atoms with Crippen molar-refractivity contribution >= 4 is 17.5 Å². The highest BCUT2D eigenvalue weighted by Crippen LogP contribution is 2.17. The smallest absolute Gasteiger partial charge is 0.260 e. The molecule has 0 aromatic heterocycles. The van der Waals surface area contributed by atoms with Crippen molar-refractivity contribution in [3.05, 3.63) is 29.3 Å². The Morgan fingerprint density at radius 2 is 1.90 bits per heavy atom. The first-order chi connectivity index (χ1) is 9.22. The van der Waals surface area contributed by atoms with Gasteiger partial charge in [0.1, 0.15) is 5.75 Å². The highest BCUT2D eigenvalue weighted by molar-refractivity contribution is 6.30. The lowest BCUT2D eigenvalue weighted by atomic mass is 9.92. The summed E-state index contributed by atoms with van der Waals surface area (Å²) >= 11 is 5.78. The van der Waals surface area contributed by atoms with Gasteiger partial charge in [0, 0.05) is 11.6 Å². The summed E-state index contributed by atoms with van der Waals surface area (Å²) in [6, 6.07) is 6.81. The second-order valence-electron chi connectivity index (χ2n) is 5.44. The van der Waals surface area contributed by atoms with E-state index in [0.29, 0.717) is 10.8 Å². The molecule has 1 rings (SSSR count). The van der Waals surface area contributed by atoms with Gasteiger partial charge >= 0.3 is 0 Å². The molecule has 0 fully saturated rings. The lowest BCUT2D eigenvalue weighted by molar-refractivity contribution is -0.128. The maximum Gasteiger partial charge on any atom is 0.260 e. The van der Waals surface area contributed by atoms with Gasteiger partial charge in [0.15, 0.2) is 6.10 Å². The van der Waals surface area contributed by atoms with E-state index >= 15 is 0 Å². The molecule has 0 bridgehead atoms. The van der Waals surface area contributed by atoms with Gasteiger partial charge in [-0.1, -0.05) is 25.4 Å². The van der Waals surface area contributed by atoms with Crippen LogP contribution >= 0.6 is 11.6 Å². The molecule has 0 aliphatic rings. The molecule has 0 saturated heterocycles. The van der Waals surface area contributed by atoms with Crippen molar-refractivity contribution in [1.29, 1.82) is 0 Å². The summed E-state index contributed by atoms with van der Waals surface area (Å²) in [5.41, 5.74) is -0.935. The van der Waals surface area contributed by atoms with Crippen molar-refractivity contribution in [3.8, 4) is 5.75 Å². The molecule has 112 valence electrons. The third-order valence-corrected chi connectivity index (χ3v) is 3.61. The number of nitrogens with one attached hydrogen (secondary N) is 1. The number of benzene rings is 1. The zero-order chi connectivity index (χ0) is 15.3. The molecule has 1 amide bonds. The minimum absolute atomic E-state index is 0.0512. The summed E-state index contributed by atoms with van der Waals surface area (Å²) in [6.07, 6.45) is -0.640. The van der Waals surface area contributed by atoms with Crippen molar-refractivity contribution in [2.75, 3.05) is 6.54 Å². The Labute approximate surface area is 125 Å². The number of amides is 1. The van der Waals surface area contributed by atoms with E-state index in [1.165, 1.54) is 0 Å². The van der Waals surface area contributed by atoms with E-state index < -0.39 is 11.7 Å². The molecule has 0 saturated carbocycles. The SMILES string of the molecule is CC(Oc1ccc(Cl)cc1)C(=O)NCC(C)(O)C(C)C. The molecular formula is C15H22ClNO3. The van der Waals surface area contributed by atoms with E-state index in [2.05, 4.69) is 5.32 Å². The van der Waals surface area contributed by atoms with E-state index in [0.717, 1.165) is 0 Å². The first-order valence-corrected chi connectivity index (χ1v) is 7.02. The predicted molar refractivity (Wildman–Crippen MR) is 80.0 cm³/mol. The maximum atomic E-state index is 11.9. The number of aliphatic hydroxyl groups is 1. The second-order valence-corrected chi connectivity index (χ2v) is 5.88. The van der Waals surface area contributed by atoms with Crippen LogP contribution in [0.3, 0.4) is 0 Å². The summed E-state index contributed by atoms with van der Waals surface area (Å²) in [6.45, 7) is 7.36. The molecule has 1 aromatic rings. The van der Waals surface area contributed by atoms with Gasteiger partial charge in [-0.25, -0.2) is 0 Å². The van der Waals surface area contributed by atoms with Crippen LogP contribution in [0.4, 0.5) is 0 Å². The topological polar surface area (TPSA) is 58.6 Å². The molecule has 5 heteroatoms. The van der Waals surface area contributed by atoms with Gasteiger partial charge in [0.05, 0.1) is 5.60 Å². The van der Waals surface area contributed by atoms with E-state index in [-0.39, 0.29) is 18.4 Å². The van der Waals surface area contributed by atoms with Crippen LogP contribution in [0, 0.1) is 5.92 Å². The molecular weight excluding hydrogens is 278 g/mol. The summed E-state index contributed by atoms with van der Waals surface area (Å²) in [5, 5.41) is 13.4. The van der Waals surface area contributed by atoms with Crippen LogP contribution in [0.25, 0.3) is 0 Å². The third kappa shape index (κ3) is 5.02. The van der Waals surface area contributed by atoms with E-state index in [9.17, 15) is 9.90 Å². The minimum atomic E-state index is -0.935. The van der Waals surface area contributed by atoms with Crippen molar-refractivity contribution in [3.63, 3.8) is 0 Å². The number of hydrogen-bond acceptors (Lipinski definition) is 3. The number of carbonyl (C=O) groups excluding carboxylic acids is 1. The third-order valence-electron chi connectivity index (χ3n) is 3.36. The van der Waals surface area contributed by atoms with Crippen LogP contribution in [-0.2, 0) is 4.79 Å². The molecule has 0 radical (unpaired) electrons. The van der Waals surface area contributed by atoms with Crippen LogP contribution in [0.5, 0.6) is 5.75 Å². The largest absolute Gasteiger partial charge is 0.481 e. The number of halogens is 1. The fraction of sp³-hybridized carbons (Fsp3) is 0.533. The van der Waals surface area contributed by atoms with Gasteiger partial charge < -0.3 is 15.2 Å². The summed E-state index contributed by atoms with van der Waals surface area (Å²) < 4.78 is 5.50. The highest BCUT2D eigenvalue weighted by Gasteiger charge is 2.26. The van der Waals surface area contributed by atoms with Gasteiger partial charge in [-0.05, 0) is 44.0 Å². The molecule has 0 spiro atoms. The lowest BCUT2D eigenvalue weighted by Gasteiger charge is -2.28. The number of rotatable bonds is 6. The fourth-order valence-electron chi connectivity index (χ4n) is 1.38. The highest BCUT2D eigenvalue weighted by atomic mass is 35.5. The van der Waals surface area contributed by atoms with Crippen molar-refractivity contribution in [1.82, 2.24) is 5.32 Å². The lowest BCUT2D eigenvalue weighted by Crippen LogP contribution is -2.47. The Morgan fingerprint density at radius 3 is 2.40 bits per heavy atom. The van der Waals surface area contributed by atoms with Crippen molar-refractivity contribution in [2.24, 2.45) is 5.92 Å². The molecule has 0 aliphatic carbocycles. The van der Waals surface area contributed by atoms with Crippen LogP contribution in [0.1, 0.15) is 27.7 Å². The first kappa shape index (κ1) is 16.8. The number of carbonyl (C=O) groups is 1. The molecule has 2 unspecified atom stereocenters. The van der Waals surface area contributed by atoms with E-state index in [1.807, 2.05) is 13.8 Å². The Morgan fingerprint density at radius 1 is 1.35 bits per heavy atom. The van der Waals surface area contributed by atoms with Gasteiger partial charge in [-0.15, -0.1) is 0 Å². The van der Waals surface area contributed by atoms with Gasteiger partial charge in [0.25, 0.3) is 5.91 Å². The molecule has 20 heavy (non-hydrogen) atoms. The molecule has 1 aromatic carbocycles. The van der Waals surface area contributed by atoms with Gasteiger partial charge in [-0.2, -0.15) is 0 Å². The van der Waals surface area contributed by atoms with Crippen LogP contribution < -0.4 is 10.1 Å². The summed E-state index contributed by atoms with van der Waals surface area (Å²) in [4.78, 5) is 11.9. The minimum Gasteiger partial charge on any atom is -0.481 e.